The zero-order valence-electron chi connectivity index (χ0n) is 10.4. The Balaban J connectivity index is 1.97. The second-order valence-electron chi connectivity index (χ2n) is 5.01. The Labute approximate surface area is 108 Å². The number of nitrogens with two attached hydrogens (primary N) is 1. The number of rotatable bonds is 4. The highest BCUT2D eigenvalue weighted by Crippen LogP contribution is 2.43. The van der Waals surface area contributed by atoms with Crippen molar-refractivity contribution < 1.29 is 4.79 Å². The number of anilines is 1. The maximum Gasteiger partial charge on any atom is 0.224 e. The third-order valence-corrected chi connectivity index (χ3v) is 3.70. The van der Waals surface area contributed by atoms with E-state index in [2.05, 4.69) is 11.2 Å². The summed E-state index contributed by atoms with van der Waals surface area (Å²) in [5.41, 5.74) is 7.31. The average Bonchev–Trinajstić information content (AvgIpc) is 2.34. The standard InChI is InChI=1S/C15H18N2O/c1-2-12-5-3-6-13(9-12)17-14(18)10-15(11-16)7-4-8-15/h1,3,5-6,9H,4,7-8,10-11,16H2,(H,17,18). The summed E-state index contributed by atoms with van der Waals surface area (Å²) in [7, 11) is 0. The van der Waals surface area contributed by atoms with Gasteiger partial charge in [0.05, 0.1) is 0 Å². The molecule has 2 rings (SSSR count). The second kappa shape index (κ2) is 5.24. The lowest BCUT2D eigenvalue weighted by atomic mass is 9.66. The highest BCUT2D eigenvalue weighted by molar-refractivity contribution is 5.91. The number of terminal acetylenes is 1. The maximum absolute atomic E-state index is 12.0. The summed E-state index contributed by atoms with van der Waals surface area (Å²) in [6.45, 7) is 0.588. The van der Waals surface area contributed by atoms with Gasteiger partial charge in [-0.1, -0.05) is 18.4 Å². The summed E-state index contributed by atoms with van der Waals surface area (Å²) in [5.74, 6) is 2.57. The minimum Gasteiger partial charge on any atom is -0.330 e. The summed E-state index contributed by atoms with van der Waals surface area (Å²) >= 11 is 0. The minimum absolute atomic E-state index is 0.0225. The number of benzene rings is 1. The third kappa shape index (κ3) is 2.72. The van der Waals surface area contributed by atoms with Crippen LogP contribution in [0.15, 0.2) is 24.3 Å². The molecule has 0 heterocycles. The van der Waals surface area contributed by atoms with Gasteiger partial charge in [-0.3, -0.25) is 4.79 Å². The van der Waals surface area contributed by atoms with E-state index in [0.717, 1.165) is 24.1 Å². The summed E-state index contributed by atoms with van der Waals surface area (Å²) in [4.78, 5) is 12.0. The first kappa shape index (κ1) is 12.7. The topological polar surface area (TPSA) is 55.1 Å². The van der Waals surface area contributed by atoms with Crippen molar-refractivity contribution >= 4 is 11.6 Å². The van der Waals surface area contributed by atoms with Gasteiger partial charge < -0.3 is 11.1 Å². The number of hydrogen-bond acceptors (Lipinski definition) is 2. The molecule has 0 radical (unpaired) electrons. The molecule has 0 aliphatic heterocycles. The molecule has 1 fully saturated rings. The molecule has 3 nitrogen and oxygen atoms in total. The second-order valence-corrected chi connectivity index (χ2v) is 5.01. The Bertz CT molecular complexity index is 478. The predicted molar refractivity (Wildman–Crippen MR) is 73.0 cm³/mol. The van der Waals surface area contributed by atoms with Gasteiger partial charge in [-0.15, -0.1) is 6.42 Å². The molecule has 0 bridgehead atoms. The molecular weight excluding hydrogens is 224 g/mol. The number of carbonyl (C=O) groups is 1. The first-order chi connectivity index (χ1) is 8.67. The van der Waals surface area contributed by atoms with Crippen molar-refractivity contribution in [1.82, 2.24) is 0 Å². The lowest BCUT2D eigenvalue weighted by molar-refractivity contribution is -0.119. The highest BCUT2D eigenvalue weighted by atomic mass is 16.1. The normalized spacial score (nSPS) is 16.4. The van der Waals surface area contributed by atoms with Crippen molar-refractivity contribution in [3.05, 3.63) is 29.8 Å². The highest BCUT2D eigenvalue weighted by Gasteiger charge is 2.37. The van der Waals surface area contributed by atoms with Crippen LogP contribution in [0.2, 0.25) is 0 Å². The van der Waals surface area contributed by atoms with Crippen molar-refractivity contribution in [3.8, 4) is 12.3 Å². The van der Waals surface area contributed by atoms with Gasteiger partial charge in [-0.05, 0) is 43.0 Å². The lowest BCUT2D eigenvalue weighted by Crippen LogP contribution is -2.40. The molecule has 94 valence electrons. The quantitative estimate of drug-likeness (QED) is 0.795. The van der Waals surface area contributed by atoms with E-state index in [0.29, 0.717) is 13.0 Å². The third-order valence-electron chi connectivity index (χ3n) is 3.70. The number of amides is 1. The van der Waals surface area contributed by atoms with E-state index in [9.17, 15) is 4.79 Å². The Hall–Kier alpha value is -1.79. The van der Waals surface area contributed by atoms with E-state index in [4.69, 9.17) is 12.2 Å². The smallest absolute Gasteiger partial charge is 0.224 e. The minimum atomic E-state index is 0.0225. The zero-order chi connectivity index (χ0) is 13.0. The molecule has 1 aliphatic carbocycles. The Morgan fingerprint density at radius 1 is 1.50 bits per heavy atom. The first-order valence-electron chi connectivity index (χ1n) is 6.24. The molecule has 0 unspecified atom stereocenters. The van der Waals surface area contributed by atoms with Crippen LogP contribution in [0.25, 0.3) is 0 Å². The van der Waals surface area contributed by atoms with Gasteiger partial charge >= 0.3 is 0 Å². The van der Waals surface area contributed by atoms with Gasteiger partial charge in [0.2, 0.25) is 5.91 Å². The Kier molecular flexibility index (Phi) is 3.69. The van der Waals surface area contributed by atoms with E-state index in [1.807, 2.05) is 18.2 Å². The van der Waals surface area contributed by atoms with Gasteiger partial charge in [0, 0.05) is 17.7 Å². The van der Waals surface area contributed by atoms with E-state index in [1.165, 1.54) is 6.42 Å². The lowest BCUT2D eigenvalue weighted by Gasteiger charge is -2.40. The van der Waals surface area contributed by atoms with Crippen LogP contribution in [0, 0.1) is 17.8 Å². The van der Waals surface area contributed by atoms with Gasteiger partial charge in [0.15, 0.2) is 0 Å². The fourth-order valence-electron chi connectivity index (χ4n) is 2.36. The van der Waals surface area contributed by atoms with E-state index >= 15 is 0 Å². The zero-order valence-corrected chi connectivity index (χ0v) is 10.4. The van der Waals surface area contributed by atoms with Crippen molar-refractivity contribution in [1.29, 1.82) is 0 Å². The van der Waals surface area contributed by atoms with Crippen LogP contribution < -0.4 is 11.1 Å². The molecule has 0 aromatic heterocycles. The van der Waals surface area contributed by atoms with Crippen molar-refractivity contribution in [2.45, 2.75) is 25.7 Å². The SMILES string of the molecule is C#Cc1cccc(NC(=O)CC2(CN)CCC2)c1. The van der Waals surface area contributed by atoms with Gasteiger partial charge in [-0.2, -0.15) is 0 Å². The van der Waals surface area contributed by atoms with E-state index < -0.39 is 0 Å². The number of carbonyl (C=O) groups excluding carboxylic acids is 1. The van der Waals surface area contributed by atoms with E-state index in [1.54, 1.807) is 6.07 Å². The van der Waals surface area contributed by atoms with Crippen molar-refractivity contribution in [2.75, 3.05) is 11.9 Å². The van der Waals surface area contributed by atoms with Crippen LogP contribution in [0.4, 0.5) is 5.69 Å². The fourth-order valence-corrected chi connectivity index (χ4v) is 2.36. The number of hydrogen-bond donors (Lipinski definition) is 2. The van der Waals surface area contributed by atoms with Gasteiger partial charge in [-0.25, -0.2) is 0 Å². The molecule has 18 heavy (non-hydrogen) atoms. The van der Waals surface area contributed by atoms with Crippen LogP contribution in [-0.4, -0.2) is 12.5 Å². The van der Waals surface area contributed by atoms with Crippen LogP contribution in [0.1, 0.15) is 31.2 Å². The molecule has 1 aromatic carbocycles. The number of nitrogens with one attached hydrogen (secondary N) is 1. The maximum atomic E-state index is 12.0. The van der Waals surface area contributed by atoms with Crippen molar-refractivity contribution in [2.24, 2.45) is 11.1 Å². The van der Waals surface area contributed by atoms with Gasteiger partial charge in [0.25, 0.3) is 0 Å². The summed E-state index contributed by atoms with van der Waals surface area (Å²) in [5, 5.41) is 2.88. The van der Waals surface area contributed by atoms with Crippen LogP contribution >= 0.6 is 0 Å². The Morgan fingerprint density at radius 2 is 2.28 bits per heavy atom. The molecule has 0 spiro atoms. The van der Waals surface area contributed by atoms with Crippen LogP contribution in [0.5, 0.6) is 0 Å². The fraction of sp³-hybridized carbons (Fsp3) is 0.400. The molecule has 0 saturated heterocycles. The largest absolute Gasteiger partial charge is 0.330 e. The van der Waals surface area contributed by atoms with Crippen LogP contribution in [0.3, 0.4) is 0 Å². The Morgan fingerprint density at radius 3 is 2.83 bits per heavy atom. The summed E-state index contributed by atoms with van der Waals surface area (Å²) in [6.07, 6.45) is 9.12. The molecule has 1 saturated carbocycles. The predicted octanol–water partition coefficient (Wildman–Crippen LogP) is 2.13. The van der Waals surface area contributed by atoms with E-state index in [-0.39, 0.29) is 11.3 Å². The van der Waals surface area contributed by atoms with Gasteiger partial charge in [0.1, 0.15) is 0 Å². The molecule has 3 N–H and O–H groups in total. The molecule has 1 aromatic rings. The van der Waals surface area contributed by atoms with Crippen molar-refractivity contribution in [3.63, 3.8) is 0 Å². The average molecular weight is 242 g/mol. The first-order valence-corrected chi connectivity index (χ1v) is 6.24. The molecular formula is C15H18N2O. The summed E-state index contributed by atoms with van der Waals surface area (Å²) < 4.78 is 0. The molecule has 3 heteroatoms. The molecule has 0 atom stereocenters. The van der Waals surface area contributed by atoms with Crippen LogP contribution in [-0.2, 0) is 4.79 Å². The molecule has 1 aliphatic rings. The monoisotopic (exact) mass is 242 g/mol. The molecule has 1 amide bonds. The summed E-state index contributed by atoms with van der Waals surface area (Å²) in [6, 6.07) is 7.32.